The molecule has 0 aliphatic carbocycles. The minimum Gasteiger partial charge on any atom is -0.370 e. The third kappa shape index (κ3) is 3.49. The number of likely N-dealkylation sites (tertiary alicyclic amines) is 1. The highest BCUT2D eigenvalue weighted by Crippen LogP contribution is 2.22. The summed E-state index contributed by atoms with van der Waals surface area (Å²) in [4.78, 5) is 11.4. The molecule has 4 rings (SSSR count). The van der Waals surface area contributed by atoms with Gasteiger partial charge in [-0.25, -0.2) is 4.98 Å². The van der Waals surface area contributed by atoms with E-state index in [0.29, 0.717) is 11.7 Å². The highest BCUT2D eigenvalue weighted by molar-refractivity contribution is 5.65. The van der Waals surface area contributed by atoms with Gasteiger partial charge in [0.15, 0.2) is 0 Å². The van der Waals surface area contributed by atoms with Crippen LogP contribution >= 0.6 is 0 Å². The molecular formula is C19H24N6. The molecule has 1 atom stereocenters. The Labute approximate surface area is 147 Å². The number of aromatic nitrogens is 4. The summed E-state index contributed by atoms with van der Waals surface area (Å²) >= 11 is 0. The van der Waals surface area contributed by atoms with Crippen LogP contribution in [-0.2, 0) is 0 Å². The average molecular weight is 336 g/mol. The minimum absolute atomic E-state index is 0.627. The average Bonchev–Trinajstić information content (AvgIpc) is 3.15. The van der Waals surface area contributed by atoms with Gasteiger partial charge in [0.05, 0.1) is 5.69 Å². The molecule has 6 heteroatoms. The third-order valence-corrected chi connectivity index (χ3v) is 4.94. The van der Waals surface area contributed by atoms with Crippen LogP contribution in [0.1, 0.15) is 19.8 Å². The van der Waals surface area contributed by atoms with E-state index in [2.05, 4.69) is 50.4 Å². The molecule has 0 spiro atoms. The first-order valence-corrected chi connectivity index (χ1v) is 9.06. The molecule has 0 saturated carbocycles. The number of nitrogens with zero attached hydrogens (tertiary/aromatic N) is 5. The lowest BCUT2D eigenvalue weighted by Gasteiger charge is -2.32. The van der Waals surface area contributed by atoms with Crippen molar-refractivity contribution >= 4 is 11.6 Å². The molecule has 1 N–H and O–H groups in total. The molecule has 6 nitrogen and oxygen atoms in total. The Morgan fingerprint density at radius 3 is 2.96 bits per heavy atom. The van der Waals surface area contributed by atoms with Crippen LogP contribution in [0.5, 0.6) is 0 Å². The summed E-state index contributed by atoms with van der Waals surface area (Å²) in [6.07, 6.45) is 4.12. The molecule has 130 valence electrons. The molecule has 0 bridgehead atoms. The van der Waals surface area contributed by atoms with Crippen molar-refractivity contribution in [1.29, 1.82) is 0 Å². The zero-order valence-electron chi connectivity index (χ0n) is 14.6. The van der Waals surface area contributed by atoms with E-state index in [-0.39, 0.29) is 0 Å². The maximum absolute atomic E-state index is 4.63. The fourth-order valence-corrected chi connectivity index (χ4v) is 3.55. The van der Waals surface area contributed by atoms with Crippen molar-refractivity contribution < 1.29 is 0 Å². The molecule has 3 heterocycles. The predicted octanol–water partition coefficient (Wildman–Crippen LogP) is 2.94. The maximum atomic E-state index is 4.63. The predicted molar refractivity (Wildman–Crippen MR) is 99.5 cm³/mol. The Balaban J connectivity index is 1.57. The molecule has 1 aliphatic rings. The van der Waals surface area contributed by atoms with Crippen LogP contribution < -0.4 is 5.32 Å². The summed E-state index contributed by atoms with van der Waals surface area (Å²) in [7, 11) is 0. The zero-order valence-corrected chi connectivity index (χ0v) is 14.6. The summed E-state index contributed by atoms with van der Waals surface area (Å²) < 4.78 is 1.78. The highest BCUT2D eigenvalue weighted by atomic mass is 15.4. The molecular weight excluding hydrogens is 312 g/mol. The summed E-state index contributed by atoms with van der Waals surface area (Å²) in [5, 5.41) is 7.91. The first-order chi connectivity index (χ1) is 12.3. The lowest BCUT2D eigenvalue weighted by molar-refractivity contribution is 0.189. The molecule has 1 aliphatic heterocycles. The van der Waals surface area contributed by atoms with E-state index in [4.69, 9.17) is 0 Å². The molecule has 1 aromatic carbocycles. The van der Waals surface area contributed by atoms with Gasteiger partial charge in [-0.05, 0) is 31.8 Å². The Bertz CT molecular complexity index is 828. The lowest BCUT2D eigenvalue weighted by atomic mass is 9.98. The number of piperidine rings is 1. The first-order valence-electron chi connectivity index (χ1n) is 9.06. The standard InChI is InChI=1S/C19H24N6/c1-2-24-10-6-7-15(13-24)12-20-18-11-17(16-8-4-3-5-9-16)23-19-21-14-22-25(18)19/h3-5,8-9,11,14-15,20H,2,6-7,10,12-13H2,1H3. The highest BCUT2D eigenvalue weighted by Gasteiger charge is 2.19. The number of benzene rings is 1. The van der Waals surface area contributed by atoms with Gasteiger partial charge in [0.2, 0.25) is 0 Å². The van der Waals surface area contributed by atoms with Crippen LogP contribution in [0.3, 0.4) is 0 Å². The number of hydrogen-bond acceptors (Lipinski definition) is 5. The van der Waals surface area contributed by atoms with Crippen LogP contribution in [0, 0.1) is 5.92 Å². The molecule has 1 unspecified atom stereocenters. The Kier molecular flexibility index (Phi) is 4.61. The Morgan fingerprint density at radius 1 is 1.24 bits per heavy atom. The van der Waals surface area contributed by atoms with Crippen LogP contribution in [0.25, 0.3) is 17.0 Å². The second-order valence-electron chi connectivity index (χ2n) is 6.65. The second-order valence-corrected chi connectivity index (χ2v) is 6.65. The molecule has 0 radical (unpaired) electrons. The van der Waals surface area contributed by atoms with Crippen molar-refractivity contribution in [2.75, 3.05) is 31.5 Å². The van der Waals surface area contributed by atoms with E-state index in [1.54, 1.807) is 10.8 Å². The van der Waals surface area contributed by atoms with Crippen molar-refractivity contribution in [1.82, 2.24) is 24.5 Å². The third-order valence-electron chi connectivity index (χ3n) is 4.94. The van der Waals surface area contributed by atoms with Gasteiger partial charge in [0.1, 0.15) is 12.1 Å². The molecule has 0 amide bonds. The van der Waals surface area contributed by atoms with Crippen LogP contribution in [-0.4, -0.2) is 50.7 Å². The van der Waals surface area contributed by atoms with Crippen molar-refractivity contribution in [3.63, 3.8) is 0 Å². The van der Waals surface area contributed by atoms with E-state index in [9.17, 15) is 0 Å². The summed E-state index contributed by atoms with van der Waals surface area (Å²) in [5.74, 6) is 2.25. The van der Waals surface area contributed by atoms with Gasteiger partial charge in [-0.2, -0.15) is 14.6 Å². The molecule has 25 heavy (non-hydrogen) atoms. The molecule has 1 saturated heterocycles. The van der Waals surface area contributed by atoms with Gasteiger partial charge >= 0.3 is 0 Å². The fourth-order valence-electron chi connectivity index (χ4n) is 3.55. The summed E-state index contributed by atoms with van der Waals surface area (Å²) in [6.45, 7) is 6.72. The largest absolute Gasteiger partial charge is 0.370 e. The Hall–Kier alpha value is -2.47. The van der Waals surface area contributed by atoms with Crippen LogP contribution in [0.2, 0.25) is 0 Å². The number of anilines is 1. The van der Waals surface area contributed by atoms with Crippen molar-refractivity contribution in [3.05, 3.63) is 42.7 Å². The van der Waals surface area contributed by atoms with Gasteiger partial charge in [0.25, 0.3) is 5.78 Å². The second kappa shape index (κ2) is 7.19. The van der Waals surface area contributed by atoms with Crippen LogP contribution in [0.4, 0.5) is 5.82 Å². The van der Waals surface area contributed by atoms with Crippen molar-refractivity contribution in [3.8, 4) is 11.3 Å². The monoisotopic (exact) mass is 336 g/mol. The molecule has 3 aromatic rings. The van der Waals surface area contributed by atoms with E-state index in [1.165, 1.54) is 25.9 Å². The molecule has 1 fully saturated rings. The summed E-state index contributed by atoms with van der Waals surface area (Å²) in [5.41, 5.74) is 2.01. The van der Waals surface area contributed by atoms with E-state index >= 15 is 0 Å². The van der Waals surface area contributed by atoms with Crippen molar-refractivity contribution in [2.45, 2.75) is 19.8 Å². The maximum Gasteiger partial charge on any atom is 0.254 e. The SMILES string of the molecule is CCN1CCCC(CNc2cc(-c3ccccc3)nc3ncnn23)C1. The van der Waals surface area contributed by atoms with Gasteiger partial charge in [-0.1, -0.05) is 37.3 Å². The number of fused-ring (bicyclic) bond motifs is 1. The fraction of sp³-hybridized carbons (Fsp3) is 0.421. The summed E-state index contributed by atoms with van der Waals surface area (Å²) in [6, 6.07) is 12.3. The van der Waals surface area contributed by atoms with Gasteiger partial charge in [0, 0.05) is 24.7 Å². The van der Waals surface area contributed by atoms with E-state index in [1.807, 2.05) is 18.2 Å². The van der Waals surface area contributed by atoms with Gasteiger partial charge in [-0.15, -0.1) is 0 Å². The Morgan fingerprint density at radius 2 is 2.12 bits per heavy atom. The zero-order chi connectivity index (χ0) is 17.1. The smallest absolute Gasteiger partial charge is 0.254 e. The number of nitrogens with one attached hydrogen (secondary N) is 1. The van der Waals surface area contributed by atoms with Crippen molar-refractivity contribution in [2.24, 2.45) is 5.92 Å². The number of hydrogen-bond donors (Lipinski definition) is 1. The normalized spacial score (nSPS) is 18.5. The lowest BCUT2D eigenvalue weighted by Crippen LogP contribution is -2.37. The number of rotatable bonds is 5. The topological polar surface area (TPSA) is 58.3 Å². The first kappa shape index (κ1) is 16.0. The van der Waals surface area contributed by atoms with E-state index < -0.39 is 0 Å². The van der Waals surface area contributed by atoms with Gasteiger partial charge in [-0.3, -0.25) is 0 Å². The molecule has 2 aromatic heterocycles. The quantitative estimate of drug-likeness (QED) is 0.776. The van der Waals surface area contributed by atoms with Gasteiger partial charge < -0.3 is 10.2 Å². The van der Waals surface area contributed by atoms with E-state index in [0.717, 1.165) is 30.2 Å². The van der Waals surface area contributed by atoms with Crippen LogP contribution in [0.15, 0.2) is 42.7 Å². The minimum atomic E-state index is 0.627.